The predicted octanol–water partition coefficient (Wildman–Crippen LogP) is 0.765. The Labute approximate surface area is 68.5 Å². The van der Waals surface area contributed by atoms with Crippen molar-refractivity contribution in [3.05, 3.63) is 0 Å². The Morgan fingerprint density at radius 1 is 1.40 bits per heavy atom. The van der Waals surface area contributed by atoms with Gasteiger partial charge in [-0.1, -0.05) is 0 Å². The molecular formula is C7H17ClN2. The molecule has 0 saturated carbocycles. The number of hydrogen-bond donors (Lipinski definition) is 1. The Bertz CT molecular complexity index is 70.0. The lowest BCUT2D eigenvalue weighted by Crippen LogP contribution is -2.29. The van der Waals surface area contributed by atoms with E-state index in [1.807, 2.05) is 0 Å². The largest absolute Gasteiger partial charge is 0.315 e. The molecule has 0 spiro atoms. The number of likely N-dealkylation sites (N-methyl/N-ethyl adjacent to an activating group) is 1. The predicted molar refractivity (Wildman–Crippen MR) is 46.7 cm³/mol. The summed E-state index contributed by atoms with van der Waals surface area (Å²) in [7, 11) is 4.27. The van der Waals surface area contributed by atoms with Crippen molar-refractivity contribution >= 4 is 11.6 Å². The minimum atomic E-state index is 0.787. The Kier molecular flexibility index (Phi) is 6.08. The van der Waals surface area contributed by atoms with Gasteiger partial charge in [0, 0.05) is 19.0 Å². The maximum atomic E-state index is 4.64. The van der Waals surface area contributed by atoms with Crippen molar-refractivity contribution in [1.29, 1.82) is 0 Å². The van der Waals surface area contributed by atoms with Crippen molar-refractivity contribution in [3.8, 4) is 0 Å². The average Bonchev–Trinajstić information content (AvgIpc) is 2.42. The molecule has 0 radical (unpaired) electrons. The molecular weight excluding hydrogens is 148 g/mol. The quantitative estimate of drug-likeness (QED) is 0.576. The molecule has 1 heterocycles. The van der Waals surface area contributed by atoms with E-state index in [1.165, 1.54) is 25.9 Å². The molecule has 0 aromatic rings. The summed E-state index contributed by atoms with van der Waals surface area (Å²) in [6.45, 7) is 2.37. The normalized spacial score (nSPS) is 24.3. The highest BCUT2D eigenvalue weighted by molar-refractivity contribution is 6.15. The van der Waals surface area contributed by atoms with Gasteiger partial charge in [0.25, 0.3) is 0 Å². The number of halogens is 1. The van der Waals surface area contributed by atoms with Gasteiger partial charge in [0.2, 0.25) is 0 Å². The van der Waals surface area contributed by atoms with E-state index in [9.17, 15) is 0 Å². The monoisotopic (exact) mass is 164 g/mol. The molecule has 3 heteroatoms. The topological polar surface area (TPSA) is 15.3 Å². The van der Waals surface area contributed by atoms with Gasteiger partial charge in [-0.2, -0.15) is 0 Å². The maximum Gasteiger partial charge on any atom is 0.0226 e. The standard InChI is InChI=1S/C6H14N2.CH3Cl/c1-8(2)6-3-4-7-5-6;1-2/h6-7H,3-5H2,1-2H3;1H3. The van der Waals surface area contributed by atoms with Crippen molar-refractivity contribution in [2.75, 3.05) is 33.6 Å². The second kappa shape index (κ2) is 5.96. The van der Waals surface area contributed by atoms with Gasteiger partial charge in [0.15, 0.2) is 0 Å². The third-order valence-electron chi connectivity index (χ3n) is 1.76. The maximum absolute atomic E-state index is 4.64. The lowest BCUT2D eigenvalue weighted by Gasteiger charge is -2.16. The first-order valence-corrected chi connectivity index (χ1v) is 4.31. The van der Waals surface area contributed by atoms with Crippen LogP contribution < -0.4 is 5.32 Å². The first-order chi connectivity index (χ1) is 4.80. The van der Waals surface area contributed by atoms with E-state index in [4.69, 9.17) is 0 Å². The van der Waals surface area contributed by atoms with Crippen LogP contribution in [0.4, 0.5) is 0 Å². The van der Waals surface area contributed by atoms with E-state index < -0.39 is 0 Å². The van der Waals surface area contributed by atoms with E-state index in [1.54, 1.807) is 0 Å². The van der Waals surface area contributed by atoms with Crippen molar-refractivity contribution in [3.63, 3.8) is 0 Å². The van der Waals surface area contributed by atoms with Crippen LogP contribution in [0.5, 0.6) is 0 Å². The van der Waals surface area contributed by atoms with Crippen LogP contribution in [-0.2, 0) is 0 Å². The fourth-order valence-corrected chi connectivity index (χ4v) is 1.08. The SMILES string of the molecule is CCl.CN(C)C1CCNC1. The Balaban J connectivity index is 0.000000371. The molecule has 1 N–H and O–H groups in total. The molecule has 0 aliphatic carbocycles. The van der Waals surface area contributed by atoms with Crippen LogP contribution in [0.2, 0.25) is 0 Å². The van der Waals surface area contributed by atoms with Crippen molar-refractivity contribution in [2.45, 2.75) is 12.5 Å². The van der Waals surface area contributed by atoms with Crippen LogP contribution in [0.15, 0.2) is 0 Å². The van der Waals surface area contributed by atoms with Gasteiger partial charge in [-0.25, -0.2) is 0 Å². The van der Waals surface area contributed by atoms with Crippen LogP contribution in [-0.4, -0.2) is 44.5 Å². The van der Waals surface area contributed by atoms with E-state index in [0.29, 0.717) is 0 Å². The van der Waals surface area contributed by atoms with Gasteiger partial charge < -0.3 is 10.2 Å². The molecule has 1 fully saturated rings. The lowest BCUT2D eigenvalue weighted by molar-refractivity contribution is 0.313. The average molecular weight is 165 g/mol. The third kappa shape index (κ3) is 3.40. The zero-order valence-corrected chi connectivity index (χ0v) is 7.78. The van der Waals surface area contributed by atoms with Crippen LogP contribution >= 0.6 is 11.6 Å². The first kappa shape index (κ1) is 10.2. The smallest absolute Gasteiger partial charge is 0.0226 e. The van der Waals surface area contributed by atoms with Crippen molar-refractivity contribution in [2.24, 2.45) is 0 Å². The van der Waals surface area contributed by atoms with Crippen LogP contribution in [0.25, 0.3) is 0 Å². The summed E-state index contributed by atoms with van der Waals surface area (Å²) in [6.07, 6.45) is 2.78. The molecule has 1 saturated heterocycles. The number of hydrogen-bond acceptors (Lipinski definition) is 2. The van der Waals surface area contributed by atoms with E-state index in [2.05, 4.69) is 35.9 Å². The minimum absolute atomic E-state index is 0.787. The number of nitrogens with zero attached hydrogens (tertiary/aromatic N) is 1. The van der Waals surface area contributed by atoms with E-state index >= 15 is 0 Å². The van der Waals surface area contributed by atoms with Crippen LogP contribution in [0, 0.1) is 0 Å². The van der Waals surface area contributed by atoms with Gasteiger partial charge in [0.1, 0.15) is 0 Å². The summed E-state index contributed by atoms with van der Waals surface area (Å²) >= 11 is 4.64. The Hall–Kier alpha value is 0.210. The van der Waals surface area contributed by atoms with Crippen LogP contribution in [0.3, 0.4) is 0 Å². The second-order valence-electron chi connectivity index (χ2n) is 2.61. The zero-order valence-electron chi connectivity index (χ0n) is 7.02. The summed E-state index contributed by atoms with van der Waals surface area (Å²) in [4.78, 5) is 2.28. The molecule has 0 bridgehead atoms. The van der Waals surface area contributed by atoms with Gasteiger partial charge in [-0.3, -0.25) is 0 Å². The molecule has 0 aromatic heterocycles. The molecule has 1 rings (SSSR count). The van der Waals surface area contributed by atoms with Gasteiger partial charge in [-0.05, 0) is 27.1 Å². The summed E-state index contributed by atoms with van der Waals surface area (Å²) in [5, 5.41) is 3.31. The Morgan fingerprint density at radius 2 is 2.00 bits per heavy atom. The molecule has 0 amide bonds. The fraction of sp³-hybridized carbons (Fsp3) is 1.00. The Morgan fingerprint density at radius 3 is 2.20 bits per heavy atom. The highest BCUT2D eigenvalue weighted by atomic mass is 35.5. The van der Waals surface area contributed by atoms with Crippen molar-refractivity contribution in [1.82, 2.24) is 10.2 Å². The molecule has 1 unspecified atom stereocenters. The van der Waals surface area contributed by atoms with Crippen molar-refractivity contribution < 1.29 is 0 Å². The fourth-order valence-electron chi connectivity index (χ4n) is 1.08. The van der Waals surface area contributed by atoms with E-state index in [-0.39, 0.29) is 0 Å². The van der Waals surface area contributed by atoms with Crippen LogP contribution in [0.1, 0.15) is 6.42 Å². The number of rotatable bonds is 1. The molecule has 1 aliphatic heterocycles. The summed E-state index contributed by atoms with van der Waals surface area (Å²) < 4.78 is 0. The second-order valence-corrected chi connectivity index (χ2v) is 2.61. The minimum Gasteiger partial charge on any atom is -0.315 e. The van der Waals surface area contributed by atoms with Gasteiger partial charge in [-0.15, -0.1) is 11.6 Å². The number of nitrogens with one attached hydrogen (secondary N) is 1. The first-order valence-electron chi connectivity index (χ1n) is 3.55. The highest BCUT2D eigenvalue weighted by Gasteiger charge is 2.14. The molecule has 0 aromatic carbocycles. The molecule has 62 valence electrons. The molecule has 1 aliphatic rings. The molecule has 10 heavy (non-hydrogen) atoms. The lowest BCUT2D eigenvalue weighted by atomic mass is 10.2. The highest BCUT2D eigenvalue weighted by Crippen LogP contribution is 2.01. The number of alkyl halides is 1. The van der Waals surface area contributed by atoms with E-state index in [0.717, 1.165) is 6.04 Å². The molecule has 2 nitrogen and oxygen atoms in total. The summed E-state index contributed by atoms with van der Waals surface area (Å²) in [5.41, 5.74) is 0. The van der Waals surface area contributed by atoms with Gasteiger partial charge >= 0.3 is 0 Å². The molecule has 1 atom stereocenters. The summed E-state index contributed by atoms with van der Waals surface area (Å²) in [6, 6.07) is 0.787. The zero-order chi connectivity index (χ0) is 7.98. The third-order valence-corrected chi connectivity index (χ3v) is 1.76. The van der Waals surface area contributed by atoms with Gasteiger partial charge in [0.05, 0.1) is 0 Å². The summed E-state index contributed by atoms with van der Waals surface area (Å²) in [5.74, 6) is 0.